The van der Waals surface area contributed by atoms with Crippen LogP contribution in [-0.2, 0) is 27.2 Å². The number of hydrogen-bond acceptors (Lipinski definition) is 9. The Morgan fingerprint density at radius 2 is 1.79 bits per heavy atom. The van der Waals surface area contributed by atoms with Crippen LogP contribution in [0.2, 0.25) is 0 Å². The minimum absolute atomic E-state index is 0.0640. The molecular formula is C28H37N3O7. The Labute approximate surface area is 222 Å². The molecule has 0 unspecified atom stereocenters. The van der Waals surface area contributed by atoms with Crippen LogP contribution in [0, 0.1) is 17.8 Å². The summed E-state index contributed by atoms with van der Waals surface area (Å²) in [4.78, 5) is 42.7. The lowest BCUT2D eigenvalue weighted by molar-refractivity contribution is -0.153. The number of Topliss-reactive ketones (excluding diaryl/α,β-unsaturated/α-hetero) is 2. The van der Waals surface area contributed by atoms with Gasteiger partial charge in [0.05, 0.1) is 11.6 Å². The average Bonchev–Trinajstić information content (AvgIpc) is 2.80. The first-order valence-electron chi connectivity index (χ1n) is 12.8. The number of rotatable bonds is 6. The lowest BCUT2D eigenvalue weighted by atomic mass is 9.57. The molecule has 38 heavy (non-hydrogen) atoms. The fraction of sp³-hybridized carbons (Fsp3) is 0.536. The van der Waals surface area contributed by atoms with Crippen LogP contribution >= 0.6 is 0 Å². The Kier molecular flexibility index (Phi) is 6.86. The standard InChI is InChI=1S/C28H37N3O7/c1-12(2)7-8-13-11-17(30(3)4)15-9-14-10-16-21(31(5)6)24(34)20(27(29)37)26(36)28(16,38)25(35)18(14)23(33)19(15)22(13)32/h11-12,14,16,21,32-33,36,38H,7-10H2,1-6H3,(H2,29,37)/t14-,16-,21+,28-/m0/s1. The van der Waals surface area contributed by atoms with E-state index in [0.717, 1.165) is 12.1 Å². The fourth-order valence-electron chi connectivity index (χ4n) is 6.38. The van der Waals surface area contributed by atoms with E-state index in [-0.39, 0.29) is 29.7 Å². The number of anilines is 1. The number of nitrogens with two attached hydrogens (primary N) is 1. The maximum atomic E-state index is 14.0. The number of aromatic hydroxyl groups is 1. The normalized spacial score (nSPS) is 27.0. The molecular weight excluding hydrogens is 490 g/mol. The number of benzene rings is 1. The summed E-state index contributed by atoms with van der Waals surface area (Å²) in [5.74, 6) is -6.02. The van der Waals surface area contributed by atoms with Gasteiger partial charge in [-0.05, 0) is 68.8 Å². The molecule has 0 radical (unpaired) electrons. The lowest BCUT2D eigenvalue weighted by Crippen LogP contribution is -2.65. The number of aliphatic hydroxyl groups excluding tert-OH is 2. The fourth-order valence-corrected chi connectivity index (χ4v) is 6.38. The third kappa shape index (κ3) is 3.89. The summed E-state index contributed by atoms with van der Waals surface area (Å²) in [6.07, 6.45) is 1.68. The first kappa shape index (κ1) is 27.7. The Morgan fingerprint density at radius 3 is 2.32 bits per heavy atom. The number of ketones is 2. The minimum atomic E-state index is -2.64. The van der Waals surface area contributed by atoms with Gasteiger partial charge in [-0.3, -0.25) is 19.3 Å². The topological polar surface area (TPSA) is 165 Å². The highest BCUT2D eigenvalue weighted by Crippen LogP contribution is 2.54. The monoisotopic (exact) mass is 527 g/mol. The first-order chi connectivity index (χ1) is 17.6. The van der Waals surface area contributed by atoms with E-state index in [1.165, 1.54) is 4.90 Å². The molecule has 3 aliphatic carbocycles. The lowest BCUT2D eigenvalue weighted by Gasteiger charge is -2.50. The smallest absolute Gasteiger partial charge is 0.255 e. The third-order valence-electron chi connectivity index (χ3n) is 8.25. The number of aryl methyl sites for hydroxylation is 1. The van der Waals surface area contributed by atoms with Crippen molar-refractivity contribution in [2.75, 3.05) is 33.1 Å². The maximum Gasteiger partial charge on any atom is 0.255 e. The molecule has 0 bridgehead atoms. The third-order valence-corrected chi connectivity index (χ3v) is 8.25. The van der Waals surface area contributed by atoms with Gasteiger partial charge in [-0.25, -0.2) is 0 Å². The largest absolute Gasteiger partial charge is 0.508 e. The zero-order valence-corrected chi connectivity index (χ0v) is 22.7. The van der Waals surface area contributed by atoms with Gasteiger partial charge in [0.2, 0.25) is 5.78 Å². The summed E-state index contributed by atoms with van der Waals surface area (Å²) in [5.41, 5.74) is 3.98. The highest BCUT2D eigenvalue weighted by Gasteiger charge is 2.64. The molecule has 0 saturated heterocycles. The number of hydrogen-bond donors (Lipinski definition) is 5. The number of phenols is 1. The summed E-state index contributed by atoms with van der Waals surface area (Å²) in [6.45, 7) is 4.14. The van der Waals surface area contributed by atoms with E-state index >= 15 is 0 Å². The Balaban J connectivity index is 1.97. The molecule has 0 aromatic heterocycles. The van der Waals surface area contributed by atoms with E-state index in [4.69, 9.17) is 5.73 Å². The van der Waals surface area contributed by atoms with E-state index in [0.29, 0.717) is 23.5 Å². The maximum absolute atomic E-state index is 14.0. The van der Waals surface area contributed by atoms with Crippen molar-refractivity contribution in [2.45, 2.75) is 51.2 Å². The predicted molar refractivity (Wildman–Crippen MR) is 142 cm³/mol. The molecule has 3 aliphatic rings. The van der Waals surface area contributed by atoms with E-state index in [9.17, 15) is 34.8 Å². The second-order valence-electron chi connectivity index (χ2n) is 11.5. The van der Waals surface area contributed by atoms with Gasteiger partial charge in [0.15, 0.2) is 11.4 Å². The van der Waals surface area contributed by atoms with Crippen molar-refractivity contribution < 1.29 is 34.8 Å². The highest BCUT2D eigenvalue weighted by molar-refractivity contribution is 6.24. The number of aliphatic hydroxyl groups is 3. The Hall–Kier alpha value is -3.37. The zero-order chi connectivity index (χ0) is 28.4. The van der Waals surface area contributed by atoms with Crippen LogP contribution in [0.4, 0.5) is 5.69 Å². The predicted octanol–water partition coefficient (Wildman–Crippen LogP) is 1.62. The number of amides is 1. The SMILES string of the molecule is CC(C)CCc1cc(N(C)C)c2c(c1O)C(O)=C1C(=O)[C@]3(O)C(O)=C(C(N)=O)C(=O)[C@H](N(C)C)[C@@H]3C[C@@H]1C2. The average molecular weight is 528 g/mol. The molecule has 1 saturated carbocycles. The van der Waals surface area contributed by atoms with Crippen molar-refractivity contribution in [1.29, 1.82) is 0 Å². The highest BCUT2D eigenvalue weighted by atomic mass is 16.3. The van der Waals surface area contributed by atoms with Gasteiger partial charge < -0.3 is 31.1 Å². The van der Waals surface area contributed by atoms with E-state index in [1.807, 2.05) is 25.1 Å². The summed E-state index contributed by atoms with van der Waals surface area (Å²) in [7, 11) is 6.87. The number of likely N-dealkylation sites (N-methyl/N-ethyl adjacent to an activating group) is 1. The number of phenolic OH excluding ortho intramolecular Hbond substituents is 1. The summed E-state index contributed by atoms with van der Waals surface area (Å²) in [6, 6.07) is 0.795. The zero-order valence-electron chi connectivity index (χ0n) is 22.7. The first-order valence-corrected chi connectivity index (χ1v) is 12.8. The second kappa shape index (κ2) is 9.43. The van der Waals surface area contributed by atoms with Gasteiger partial charge in [-0.2, -0.15) is 0 Å². The number of fused-ring (bicyclic) bond motifs is 3. The molecule has 206 valence electrons. The molecule has 4 atom stereocenters. The molecule has 1 fully saturated rings. The van der Waals surface area contributed by atoms with Crippen molar-refractivity contribution in [3.05, 3.63) is 39.7 Å². The van der Waals surface area contributed by atoms with E-state index in [1.54, 1.807) is 14.1 Å². The van der Waals surface area contributed by atoms with Crippen molar-refractivity contribution in [1.82, 2.24) is 4.90 Å². The van der Waals surface area contributed by atoms with Crippen molar-refractivity contribution >= 4 is 28.9 Å². The molecule has 6 N–H and O–H groups in total. The minimum Gasteiger partial charge on any atom is -0.508 e. The molecule has 10 heteroatoms. The van der Waals surface area contributed by atoms with Crippen LogP contribution in [-0.4, -0.2) is 82.6 Å². The number of nitrogens with zero attached hydrogens (tertiary/aromatic N) is 2. The number of carbonyl (C=O) groups is 3. The number of primary amides is 1. The van der Waals surface area contributed by atoms with Crippen LogP contribution in [0.15, 0.2) is 23.0 Å². The van der Waals surface area contributed by atoms with E-state index < -0.39 is 58.0 Å². The van der Waals surface area contributed by atoms with Gasteiger partial charge in [-0.15, -0.1) is 0 Å². The molecule has 10 nitrogen and oxygen atoms in total. The van der Waals surface area contributed by atoms with Gasteiger partial charge in [0.25, 0.3) is 5.91 Å². The molecule has 1 amide bonds. The molecule has 0 heterocycles. The molecule has 1 aromatic carbocycles. The summed E-state index contributed by atoms with van der Waals surface area (Å²) < 4.78 is 0. The number of carbonyl (C=O) groups excluding carboxylic acids is 3. The second-order valence-corrected chi connectivity index (χ2v) is 11.5. The van der Waals surface area contributed by atoms with E-state index in [2.05, 4.69) is 13.8 Å². The van der Waals surface area contributed by atoms with Gasteiger partial charge in [0.1, 0.15) is 22.8 Å². The van der Waals surface area contributed by atoms with Crippen LogP contribution in [0.3, 0.4) is 0 Å². The summed E-state index contributed by atoms with van der Waals surface area (Å²) >= 11 is 0. The quantitative estimate of drug-likeness (QED) is 0.346. The van der Waals surface area contributed by atoms with Crippen LogP contribution in [0.5, 0.6) is 5.75 Å². The molecule has 1 aromatic rings. The van der Waals surface area contributed by atoms with Crippen molar-refractivity contribution in [3.63, 3.8) is 0 Å². The van der Waals surface area contributed by atoms with Gasteiger partial charge >= 0.3 is 0 Å². The Morgan fingerprint density at radius 1 is 1.16 bits per heavy atom. The van der Waals surface area contributed by atoms with Gasteiger partial charge in [0, 0.05) is 31.3 Å². The molecule has 0 aliphatic heterocycles. The van der Waals surface area contributed by atoms with Crippen molar-refractivity contribution in [3.8, 4) is 5.75 Å². The molecule has 4 rings (SSSR count). The van der Waals surface area contributed by atoms with Crippen molar-refractivity contribution in [2.24, 2.45) is 23.5 Å². The van der Waals surface area contributed by atoms with Gasteiger partial charge in [-0.1, -0.05) is 13.8 Å². The van der Waals surface area contributed by atoms with Crippen LogP contribution in [0.25, 0.3) is 5.76 Å². The molecule has 0 spiro atoms. The van der Waals surface area contributed by atoms with Crippen LogP contribution in [0.1, 0.15) is 43.4 Å². The summed E-state index contributed by atoms with van der Waals surface area (Å²) in [5, 5.41) is 45.5. The van der Waals surface area contributed by atoms with Crippen LogP contribution < -0.4 is 10.6 Å². The Bertz CT molecular complexity index is 1290.